The lowest BCUT2D eigenvalue weighted by molar-refractivity contribution is 0.333. The Morgan fingerprint density at radius 1 is 1.25 bits per heavy atom. The standard InChI is InChI=1S/C14H16Br2N2O2/c1-3-19-14-10(5-11(15)6-13(14)16)7-17-8-12-4-9(2)20-18-12/h4-6,17H,3,7-8H2,1-2H3. The van der Waals surface area contributed by atoms with Gasteiger partial charge in [0.1, 0.15) is 11.5 Å². The molecule has 1 aromatic carbocycles. The molecule has 0 bridgehead atoms. The number of hydrogen-bond donors (Lipinski definition) is 1. The minimum absolute atomic E-state index is 0.635. The number of nitrogens with one attached hydrogen (secondary N) is 1. The molecule has 1 aromatic heterocycles. The molecule has 2 rings (SSSR count). The van der Waals surface area contributed by atoms with Crippen molar-refractivity contribution >= 4 is 31.9 Å². The Balaban J connectivity index is 2.04. The summed E-state index contributed by atoms with van der Waals surface area (Å²) >= 11 is 7.03. The van der Waals surface area contributed by atoms with Crippen LogP contribution in [0.1, 0.15) is 23.9 Å². The Morgan fingerprint density at radius 3 is 2.70 bits per heavy atom. The molecule has 0 fully saturated rings. The Bertz CT molecular complexity index is 585. The van der Waals surface area contributed by atoms with Gasteiger partial charge in [-0.3, -0.25) is 0 Å². The molecular weight excluding hydrogens is 388 g/mol. The predicted octanol–water partition coefficient (Wildman–Crippen LogP) is 4.20. The normalized spacial score (nSPS) is 10.8. The molecule has 0 aliphatic heterocycles. The van der Waals surface area contributed by atoms with Gasteiger partial charge in [0, 0.05) is 29.2 Å². The third-order valence-electron chi connectivity index (χ3n) is 2.67. The highest BCUT2D eigenvalue weighted by Gasteiger charge is 2.10. The van der Waals surface area contributed by atoms with E-state index in [0.717, 1.165) is 31.7 Å². The Morgan fingerprint density at radius 2 is 2.05 bits per heavy atom. The minimum Gasteiger partial charge on any atom is -0.492 e. The van der Waals surface area contributed by atoms with E-state index in [2.05, 4.69) is 48.4 Å². The van der Waals surface area contributed by atoms with Gasteiger partial charge < -0.3 is 14.6 Å². The first-order chi connectivity index (χ1) is 9.60. The molecule has 0 spiro atoms. The van der Waals surface area contributed by atoms with Gasteiger partial charge in [-0.25, -0.2) is 0 Å². The monoisotopic (exact) mass is 402 g/mol. The largest absolute Gasteiger partial charge is 0.492 e. The number of nitrogens with zero attached hydrogens (tertiary/aromatic N) is 1. The van der Waals surface area contributed by atoms with E-state index in [1.54, 1.807) is 0 Å². The van der Waals surface area contributed by atoms with Gasteiger partial charge in [0.15, 0.2) is 0 Å². The fourth-order valence-electron chi connectivity index (χ4n) is 1.88. The van der Waals surface area contributed by atoms with Crippen molar-refractivity contribution in [1.82, 2.24) is 10.5 Å². The Hall–Kier alpha value is -0.850. The minimum atomic E-state index is 0.635. The van der Waals surface area contributed by atoms with Crippen LogP contribution in [0.15, 0.2) is 31.7 Å². The smallest absolute Gasteiger partial charge is 0.138 e. The number of benzene rings is 1. The van der Waals surface area contributed by atoms with Gasteiger partial charge in [-0.2, -0.15) is 0 Å². The molecule has 0 unspecified atom stereocenters. The molecule has 2 aromatic rings. The van der Waals surface area contributed by atoms with Crippen LogP contribution in [0.3, 0.4) is 0 Å². The van der Waals surface area contributed by atoms with Gasteiger partial charge in [-0.15, -0.1) is 0 Å². The summed E-state index contributed by atoms with van der Waals surface area (Å²) in [5.41, 5.74) is 1.99. The summed E-state index contributed by atoms with van der Waals surface area (Å²) < 4.78 is 12.7. The first-order valence-electron chi connectivity index (χ1n) is 6.33. The van der Waals surface area contributed by atoms with Crippen LogP contribution < -0.4 is 10.1 Å². The van der Waals surface area contributed by atoms with Crippen LogP contribution in [0.25, 0.3) is 0 Å². The molecule has 20 heavy (non-hydrogen) atoms. The lowest BCUT2D eigenvalue weighted by Gasteiger charge is -2.13. The van der Waals surface area contributed by atoms with Gasteiger partial charge >= 0.3 is 0 Å². The summed E-state index contributed by atoms with van der Waals surface area (Å²) in [6.07, 6.45) is 0. The lowest BCUT2D eigenvalue weighted by atomic mass is 10.2. The highest BCUT2D eigenvalue weighted by Crippen LogP contribution is 2.33. The zero-order valence-corrected chi connectivity index (χ0v) is 14.5. The second-order valence-electron chi connectivity index (χ2n) is 4.34. The van der Waals surface area contributed by atoms with E-state index in [9.17, 15) is 0 Å². The summed E-state index contributed by atoms with van der Waals surface area (Å²) in [6.45, 7) is 5.85. The van der Waals surface area contributed by atoms with Crippen molar-refractivity contribution in [3.63, 3.8) is 0 Å². The third kappa shape index (κ3) is 4.07. The van der Waals surface area contributed by atoms with Gasteiger partial charge in [-0.1, -0.05) is 21.1 Å². The summed E-state index contributed by atoms with van der Waals surface area (Å²) in [6, 6.07) is 5.96. The summed E-state index contributed by atoms with van der Waals surface area (Å²) in [5.74, 6) is 1.70. The van der Waals surface area contributed by atoms with Gasteiger partial charge in [0.2, 0.25) is 0 Å². The Kier molecular flexibility index (Phi) is 5.63. The number of ether oxygens (including phenoxy) is 1. The fourth-order valence-corrected chi connectivity index (χ4v) is 3.31. The maximum Gasteiger partial charge on any atom is 0.138 e. The zero-order chi connectivity index (χ0) is 14.5. The van der Waals surface area contributed by atoms with E-state index >= 15 is 0 Å². The molecule has 0 amide bonds. The van der Waals surface area contributed by atoms with Crippen molar-refractivity contribution in [2.45, 2.75) is 26.9 Å². The molecule has 0 atom stereocenters. The van der Waals surface area contributed by atoms with Crippen LogP contribution in [-0.2, 0) is 13.1 Å². The molecule has 0 saturated carbocycles. The quantitative estimate of drug-likeness (QED) is 0.785. The first-order valence-corrected chi connectivity index (χ1v) is 7.92. The second-order valence-corrected chi connectivity index (χ2v) is 6.11. The number of rotatable bonds is 6. The van der Waals surface area contributed by atoms with Crippen molar-refractivity contribution < 1.29 is 9.26 Å². The number of aromatic nitrogens is 1. The van der Waals surface area contributed by atoms with Gasteiger partial charge in [-0.05, 0) is 41.9 Å². The van der Waals surface area contributed by atoms with Crippen LogP contribution in [0.5, 0.6) is 5.75 Å². The lowest BCUT2D eigenvalue weighted by Crippen LogP contribution is -2.14. The molecule has 0 saturated heterocycles. The molecule has 1 N–H and O–H groups in total. The van der Waals surface area contributed by atoms with Gasteiger partial charge in [0.05, 0.1) is 16.8 Å². The summed E-state index contributed by atoms with van der Waals surface area (Å²) in [7, 11) is 0. The fraction of sp³-hybridized carbons (Fsp3) is 0.357. The SMILES string of the molecule is CCOc1c(Br)cc(Br)cc1CNCc1cc(C)on1. The second kappa shape index (κ2) is 7.24. The van der Waals surface area contributed by atoms with Crippen LogP contribution in [-0.4, -0.2) is 11.8 Å². The summed E-state index contributed by atoms with van der Waals surface area (Å²) in [5, 5.41) is 7.29. The van der Waals surface area contributed by atoms with Crippen molar-refractivity contribution in [1.29, 1.82) is 0 Å². The van der Waals surface area contributed by atoms with Crippen LogP contribution >= 0.6 is 31.9 Å². The van der Waals surface area contributed by atoms with E-state index in [1.165, 1.54) is 0 Å². The van der Waals surface area contributed by atoms with Crippen molar-refractivity contribution in [3.8, 4) is 5.75 Å². The average Bonchev–Trinajstić information content (AvgIpc) is 2.79. The molecule has 0 aliphatic rings. The topological polar surface area (TPSA) is 47.3 Å². The molecular formula is C14H16Br2N2O2. The molecule has 6 heteroatoms. The van der Waals surface area contributed by atoms with E-state index in [1.807, 2.05) is 26.0 Å². The van der Waals surface area contributed by atoms with E-state index in [4.69, 9.17) is 9.26 Å². The maximum atomic E-state index is 5.69. The molecule has 0 radical (unpaired) electrons. The summed E-state index contributed by atoms with van der Waals surface area (Å²) in [4.78, 5) is 0. The van der Waals surface area contributed by atoms with E-state index in [0.29, 0.717) is 19.7 Å². The van der Waals surface area contributed by atoms with E-state index in [-0.39, 0.29) is 0 Å². The van der Waals surface area contributed by atoms with Crippen molar-refractivity contribution in [2.24, 2.45) is 0 Å². The highest BCUT2D eigenvalue weighted by atomic mass is 79.9. The Labute approximate surface area is 135 Å². The van der Waals surface area contributed by atoms with Crippen LogP contribution in [0, 0.1) is 6.92 Å². The molecule has 108 valence electrons. The number of halogens is 2. The van der Waals surface area contributed by atoms with Crippen molar-refractivity contribution in [2.75, 3.05) is 6.61 Å². The van der Waals surface area contributed by atoms with Crippen LogP contribution in [0.2, 0.25) is 0 Å². The van der Waals surface area contributed by atoms with E-state index < -0.39 is 0 Å². The predicted molar refractivity (Wildman–Crippen MR) is 84.8 cm³/mol. The third-order valence-corrected chi connectivity index (χ3v) is 3.72. The molecule has 0 aliphatic carbocycles. The number of hydrogen-bond acceptors (Lipinski definition) is 4. The highest BCUT2D eigenvalue weighted by molar-refractivity contribution is 9.11. The van der Waals surface area contributed by atoms with Crippen LogP contribution in [0.4, 0.5) is 0 Å². The first kappa shape index (κ1) is 15.5. The maximum absolute atomic E-state index is 5.69. The zero-order valence-electron chi connectivity index (χ0n) is 11.4. The molecule has 4 nitrogen and oxygen atoms in total. The van der Waals surface area contributed by atoms with Gasteiger partial charge in [0.25, 0.3) is 0 Å². The average molecular weight is 404 g/mol. The van der Waals surface area contributed by atoms with Crippen molar-refractivity contribution in [3.05, 3.63) is 44.2 Å². The molecule has 1 heterocycles. The number of aryl methyl sites for hydroxylation is 1.